The smallest absolute Gasteiger partial charge is 0.255 e. The predicted octanol–water partition coefficient (Wildman–Crippen LogP) is 2.49. The molecule has 1 saturated heterocycles. The third kappa shape index (κ3) is 4.88. The first-order valence-corrected chi connectivity index (χ1v) is 12.1. The summed E-state index contributed by atoms with van der Waals surface area (Å²) in [7, 11) is -0.494. The molecule has 0 atom stereocenters. The van der Waals surface area contributed by atoms with Crippen molar-refractivity contribution in [1.29, 1.82) is 0 Å². The molecule has 1 aliphatic rings. The van der Waals surface area contributed by atoms with Crippen LogP contribution in [0.1, 0.15) is 34.1 Å². The number of rotatable bonds is 7. The van der Waals surface area contributed by atoms with E-state index in [0.29, 0.717) is 49.7 Å². The Kier molecular flexibility index (Phi) is 7.40. The van der Waals surface area contributed by atoms with Gasteiger partial charge >= 0.3 is 0 Å². The van der Waals surface area contributed by atoms with Crippen LogP contribution in [0.5, 0.6) is 11.5 Å². The SMILES string of the molecule is CCCS(=O)(=O)c1ccccc1C(=O)N1CCN(C(=O)c2ccc(OC)c(OC)c2)CC1. The summed E-state index contributed by atoms with van der Waals surface area (Å²) < 4.78 is 35.7. The Morgan fingerprint density at radius 2 is 1.47 bits per heavy atom. The van der Waals surface area contributed by atoms with E-state index in [1.807, 2.05) is 0 Å². The monoisotopic (exact) mass is 460 g/mol. The van der Waals surface area contributed by atoms with Gasteiger partial charge in [0.1, 0.15) is 0 Å². The molecule has 3 rings (SSSR count). The van der Waals surface area contributed by atoms with Crippen molar-refractivity contribution < 1.29 is 27.5 Å². The van der Waals surface area contributed by atoms with Crippen LogP contribution in [0.15, 0.2) is 47.4 Å². The molecule has 1 heterocycles. The van der Waals surface area contributed by atoms with Gasteiger partial charge in [0.15, 0.2) is 21.3 Å². The maximum absolute atomic E-state index is 13.1. The number of hydrogen-bond acceptors (Lipinski definition) is 6. The second-order valence-electron chi connectivity index (χ2n) is 7.47. The van der Waals surface area contributed by atoms with Crippen LogP contribution in [0, 0.1) is 0 Å². The number of ether oxygens (including phenoxy) is 2. The molecule has 0 bridgehead atoms. The quantitative estimate of drug-likeness (QED) is 0.630. The summed E-state index contributed by atoms with van der Waals surface area (Å²) >= 11 is 0. The molecule has 0 spiro atoms. The molecule has 2 amide bonds. The highest BCUT2D eigenvalue weighted by atomic mass is 32.2. The van der Waals surface area contributed by atoms with Gasteiger partial charge in [-0.3, -0.25) is 9.59 Å². The average molecular weight is 461 g/mol. The summed E-state index contributed by atoms with van der Waals surface area (Å²) in [5.74, 6) is 0.501. The number of amides is 2. The minimum absolute atomic E-state index is 0.00903. The van der Waals surface area contributed by atoms with Gasteiger partial charge < -0.3 is 19.3 Å². The summed E-state index contributed by atoms with van der Waals surface area (Å²) in [6.07, 6.45) is 0.474. The van der Waals surface area contributed by atoms with Crippen LogP contribution in [0.25, 0.3) is 0 Å². The van der Waals surface area contributed by atoms with Crippen LogP contribution in [0.3, 0.4) is 0 Å². The van der Waals surface area contributed by atoms with E-state index in [9.17, 15) is 18.0 Å². The van der Waals surface area contributed by atoms with E-state index in [1.165, 1.54) is 20.3 Å². The van der Waals surface area contributed by atoms with Gasteiger partial charge in [-0.2, -0.15) is 0 Å². The number of benzene rings is 2. The zero-order valence-corrected chi connectivity index (χ0v) is 19.4. The van der Waals surface area contributed by atoms with Gasteiger partial charge in [0.25, 0.3) is 11.8 Å². The van der Waals surface area contributed by atoms with Crippen molar-refractivity contribution in [2.24, 2.45) is 0 Å². The molecule has 0 saturated carbocycles. The van der Waals surface area contributed by atoms with Gasteiger partial charge in [-0.25, -0.2) is 8.42 Å². The van der Waals surface area contributed by atoms with Crippen LogP contribution >= 0.6 is 0 Å². The number of nitrogens with zero attached hydrogens (tertiary/aromatic N) is 2. The molecule has 2 aromatic carbocycles. The normalized spacial score (nSPS) is 14.2. The number of hydrogen-bond donors (Lipinski definition) is 0. The summed E-state index contributed by atoms with van der Waals surface area (Å²) in [6.45, 7) is 3.13. The number of sulfone groups is 1. The van der Waals surface area contributed by atoms with Crippen molar-refractivity contribution in [2.75, 3.05) is 46.2 Å². The molecule has 0 N–H and O–H groups in total. The lowest BCUT2D eigenvalue weighted by Crippen LogP contribution is -2.50. The molecule has 8 nitrogen and oxygen atoms in total. The molecule has 0 radical (unpaired) electrons. The minimum Gasteiger partial charge on any atom is -0.493 e. The Hall–Kier alpha value is -3.07. The van der Waals surface area contributed by atoms with E-state index in [0.717, 1.165) is 0 Å². The van der Waals surface area contributed by atoms with Gasteiger partial charge in [0.2, 0.25) is 0 Å². The maximum atomic E-state index is 13.1. The Labute approximate surface area is 188 Å². The predicted molar refractivity (Wildman–Crippen MR) is 120 cm³/mol. The molecule has 2 aromatic rings. The Bertz CT molecular complexity index is 1090. The van der Waals surface area contributed by atoms with E-state index in [2.05, 4.69) is 0 Å². The molecule has 9 heteroatoms. The summed E-state index contributed by atoms with van der Waals surface area (Å²) in [4.78, 5) is 29.4. The van der Waals surface area contributed by atoms with E-state index >= 15 is 0 Å². The van der Waals surface area contributed by atoms with Crippen molar-refractivity contribution in [3.8, 4) is 11.5 Å². The fraction of sp³-hybridized carbons (Fsp3) is 0.391. The van der Waals surface area contributed by atoms with E-state index in [1.54, 1.807) is 53.1 Å². The highest BCUT2D eigenvalue weighted by Gasteiger charge is 2.29. The molecule has 0 unspecified atom stereocenters. The molecule has 0 aliphatic carbocycles. The molecule has 1 aliphatic heterocycles. The highest BCUT2D eigenvalue weighted by Crippen LogP contribution is 2.28. The molecule has 0 aromatic heterocycles. The third-order valence-corrected chi connectivity index (χ3v) is 7.38. The lowest BCUT2D eigenvalue weighted by molar-refractivity contribution is 0.0533. The zero-order chi connectivity index (χ0) is 23.3. The number of methoxy groups -OCH3 is 2. The second kappa shape index (κ2) is 10.0. The van der Waals surface area contributed by atoms with Gasteiger partial charge in [-0.05, 0) is 36.8 Å². The minimum atomic E-state index is -3.53. The average Bonchev–Trinajstić information content (AvgIpc) is 2.82. The van der Waals surface area contributed by atoms with Gasteiger partial charge in [0, 0.05) is 31.7 Å². The van der Waals surface area contributed by atoms with Crippen molar-refractivity contribution >= 4 is 21.7 Å². The van der Waals surface area contributed by atoms with Crippen molar-refractivity contribution in [2.45, 2.75) is 18.2 Å². The highest BCUT2D eigenvalue weighted by molar-refractivity contribution is 7.91. The van der Waals surface area contributed by atoms with E-state index in [-0.39, 0.29) is 28.0 Å². The second-order valence-corrected chi connectivity index (χ2v) is 9.55. The summed E-state index contributed by atoms with van der Waals surface area (Å²) in [6, 6.07) is 11.3. The van der Waals surface area contributed by atoms with Crippen LogP contribution in [0.4, 0.5) is 0 Å². The van der Waals surface area contributed by atoms with Crippen molar-refractivity contribution in [1.82, 2.24) is 9.80 Å². The first-order chi connectivity index (χ1) is 15.3. The van der Waals surface area contributed by atoms with Crippen LogP contribution in [-0.4, -0.2) is 76.2 Å². The lowest BCUT2D eigenvalue weighted by Gasteiger charge is -2.35. The Morgan fingerprint density at radius 3 is 2.06 bits per heavy atom. The molecular formula is C23H28N2O6S. The van der Waals surface area contributed by atoms with Crippen molar-refractivity contribution in [3.63, 3.8) is 0 Å². The van der Waals surface area contributed by atoms with Crippen LogP contribution in [-0.2, 0) is 9.84 Å². The van der Waals surface area contributed by atoms with Crippen LogP contribution in [0.2, 0.25) is 0 Å². The first-order valence-electron chi connectivity index (χ1n) is 10.4. The topological polar surface area (TPSA) is 93.2 Å². The summed E-state index contributed by atoms with van der Waals surface area (Å²) in [5, 5.41) is 0. The standard InChI is InChI=1S/C23H28N2O6S/c1-4-15-32(28,29)21-8-6-5-7-18(21)23(27)25-13-11-24(12-14-25)22(26)17-9-10-19(30-2)20(16-17)31-3/h5-10,16H,4,11-15H2,1-3H3. The molecule has 1 fully saturated rings. The first kappa shape index (κ1) is 23.6. The fourth-order valence-electron chi connectivity index (χ4n) is 3.73. The Balaban J connectivity index is 1.72. The van der Waals surface area contributed by atoms with Gasteiger partial charge in [-0.15, -0.1) is 0 Å². The maximum Gasteiger partial charge on any atom is 0.255 e. The summed E-state index contributed by atoms with van der Waals surface area (Å²) in [5.41, 5.74) is 0.652. The zero-order valence-electron chi connectivity index (χ0n) is 18.5. The largest absolute Gasteiger partial charge is 0.493 e. The van der Waals surface area contributed by atoms with Gasteiger partial charge in [-0.1, -0.05) is 19.1 Å². The number of carbonyl (C=O) groups is 2. The third-order valence-electron chi connectivity index (χ3n) is 5.41. The van der Waals surface area contributed by atoms with Crippen LogP contribution < -0.4 is 9.47 Å². The van der Waals surface area contributed by atoms with E-state index in [4.69, 9.17) is 9.47 Å². The van der Waals surface area contributed by atoms with E-state index < -0.39 is 9.84 Å². The van der Waals surface area contributed by atoms with Crippen molar-refractivity contribution in [3.05, 3.63) is 53.6 Å². The lowest BCUT2D eigenvalue weighted by atomic mass is 10.1. The molecule has 32 heavy (non-hydrogen) atoms. The number of carbonyl (C=O) groups excluding carboxylic acids is 2. The fourth-order valence-corrected chi connectivity index (χ4v) is 5.26. The molecule has 172 valence electrons. The molecular weight excluding hydrogens is 432 g/mol. The Morgan fingerprint density at radius 1 is 0.875 bits per heavy atom. The van der Waals surface area contributed by atoms with Gasteiger partial charge in [0.05, 0.1) is 30.4 Å². The number of piperazine rings is 1.